The summed E-state index contributed by atoms with van der Waals surface area (Å²) in [7, 11) is -1.85. The Balaban J connectivity index is 1.79. The Hall–Kier alpha value is 0.0569. The Labute approximate surface area is 206 Å². The standard InChI is InChI=1S/C28H56O4Si/c1-7-8-9-10-11-12-13-14-15-16-17-27(32-33(5,6)28(2,3)4)26-21-20-25(31-26)24-19-18-23(22-29)30-24/h23-27,29H,7-22H2,1-6H3/t23-,24+,25-,26-,27+/m0/s1. The molecular formula is C28H56O4Si. The van der Waals surface area contributed by atoms with E-state index >= 15 is 0 Å². The van der Waals surface area contributed by atoms with Crippen LogP contribution in [0.3, 0.4) is 0 Å². The van der Waals surface area contributed by atoms with E-state index in [2.05, 4.69) is 40.8 Å². The maximum absolute atomic E-state index is 9.41. The van der Waals surface area contributed by atoms with Gasteiger partial charge in [-0.2, -0.15) is 0 Å². The molecule has 33 heavy (non-hydrogen) atoms. The van der Waals surface area contributed by atoms with E-state index in [4.69, 9.17) is 13.9 Å². The van der Waals surface area contributed by atoms with E-state index < -0.39 is 8.32 Å². The molecule has 0 aliphatic carbocycles. The van der Waals surface area contributed by atoms with Gasteiger partial charge >= 0.3 is 0 Å². The van der Waals surface area contributed by atoms with E-state index in [9.17, 15) is 5.11 Å². The minimum absolute atomic E-state index is 0.00331. The van der Waals surface area contributed by atoms with Crippen molar-refractivity contribution in [3.63, 3.8) is 0 Å². The normalized spacial score (nSPS) is 27.4. The summed E-state index contributed by atoms with van der Waals surface area (Å²) in [6.45, 7) is 14.1. The molecule has 0 amide bonds. The molecule has 5 heteroatoms. The van der Waals surface area contributed by atoms with Gasteiger partial charge in [-0.25, -0.2) is 0 Å². The van der Waals surface area contributed by atoms with Gasteiger partial charge in [0.1, 0.15) is 0 Å². The van der Waals surface area contributed by atoms with Crippen LogP contribution in [0.25, 0.3) is 0 Å². The predicted octanol–water partition coefficient (Wildman–Crippen LogP) is 7.78. The van der Waals surface area contributed by atoms with Crippen molar-refractivity contribution in [3.8, 4) is 0 Å². The van der Waals surface area contributed by atoms with Crippen LogP contribution in [0.1, 0.15) is 124 Å². The first-order valence-corrected chi connectivity index (χ1v) is 17.2. The third kappa shape index (κ3) is 9.91. The molecule has 5 atom stereocenters. The molecule has 2 aliphatic rings. The smallest absolute Gasteiger partial charge is 0.192 e. The average Bonchev–Trinajstić information content (AvgIpc) is 3.42. The van der Waals surface area contributed by atoms with Gasteiger partial charge in [0.2, 0.25) is 0 Å². The van der Waals surface area contributed by atoms with Crippen molar-refractivity contribution in [1.82, 2.24) is 0 Å². The van der Waals surface area contributed by atoms with Gasteiger partial charge in [0.05, 0.1) is 37.1 Å². The van der Waals surface area contributed by atoms with Gasteiger partial charge in [0.25, 0.3) is 0 Å². The van der Waals surface area contributed by atoms with Gasteiger partial charge in [-0.15, -0.1) is 0 Å². The molecule has 0 bridgehead atoms. The zero-order chi connectivity index (χ0) is 24.3. The van der Waals surface area contributed by atoms with Gasteiger partial charge in [-0.05, 0) is 50.2 Å². The zero-order valence-electron chi connectivity index (χ0n) is 22.9. The number of hydrogen-bond acceptors (Lipinski definition) is 4. The molecule has 0 aromatic carbocycles. The van der Waals surface area contributed by atoms with Gasteiger partial charge in [-0.3, -0.25) is 0 Å². The van der Waals surface area contributed by atoms with Gasteiger partial charge < -0.3 is 19.0 Å². The van der Waals surface area contributed by atoms with E-state index in [0.29, 0.717) is 0 Å². The van der Waals surface area contributed by atoms with E-state index in [-0.39, 0.29) is 42.2 Å². The van der Waals surface area contributed by atoms with Crippen LogP contribution in [0, 0.1) is 0 Å². The minimum atomic E-state index is -1.85. The highest BCUT2D eigenvalue weighted by atomic mass is 28.4. The summed E-state index contributed by atoms with van der Waals surface area (Å²) in [6, 6.07) is 0. The molecule has 0 aromatic heterocycles. The van der Waals surface area contributed by atoms with Crippen molar-refractivity contribution in [3.05, 3.63) is 0 Å². The molecule has 2 heterocycles. The van der Waals surface area contributed by atoms with Crippen LogP contribution in [0.2, 0.25) is 18.1 Å². The van der Waals surface area contributed by atoms with Crippen molar-refractivity contribution < 1.29 is 19.0 Å². The van der Waals surface area contributed by atoms with Gasteiger partial charge in [-0.1, -0.05) is 91.9 Å². The second kappa shape index (κ2) is 14.6. The number of aliphatic hydroxyl groups is 1. The number of aliphatic hydroxyl groups excluding tert-OH is 1. The second-order valence-corrected chi connectivity index (χ2v) is 17.0. The summed E-state index contributed by atoms with van der Waals surface area (Å²) < 4.78 is 19.6. The summed E-state index contributed by atoms with van der Waals surface area (Å²) in [4.78, 5) is 0. The molecule has 0 saturated carbocycles. The Morgan fingerprint density at radius 2 is 1.36 bits per heavy atom. The molecule has 2 fully saturated rings. The quantitative estimate of drug-likeness (QED) is 0.179. The Kier molecular flexibility index (Phi) is 12.9. The fourth-order valence-electron chi connectivity index (χ4n) is 5.09. The fourth-order valence-corrected chi connectivity index (χ4v) is 6.47. The van der Waals surface area contributed by atoms with Crippen molar-refractivity contribution in [2.45, 2.75) is 173 Å². The third-order valence-corrected chi connectivity index (χ3v) is 12.9. The largest absolute Gasteiger partial charge is 0.411 e. The van der Waals surface area contributed by atoms with Crippen LogP contribution in [0.4, 0.5) is 0 Å². The molecule has 2 saturated heterocycles. The first-order chi connectivity index (χ1) is 15.7. The SMILES string of the molecule is CCCCCCCCCCCC[C@@H](O[Si](C)(C)C(C)(C)C)[C@@H]1CC[C@@H]([C@H]2CC[C@@H](CO)O2)O1. The molecule has 2 aliphatic heterocycles. The second-order valence-electron chi connectivity index (χ2n) is 12.2. The highest BCUT2D eigenvalue weighted by molar-refractivity contribution is 6.74. The summed E-state index contributed by atoms with van der Waals surface area (Å²) in [5.41, 5.74) is 0. The minimum Gasteiger partial charge on any atom is -0.411 e. The van der Waals surface area contributed by atoms with E-state index in [1.54, 1.807) is 0 Å². The molecule has 0 aromatic rings. The average molecular weight is 485 g/mol. The fraction of sp³-hybridized carbons (Fsp3) is 1.00. The highest BCUT2D eigenvalue weighted by Gasteiger charge is 2.44. The van der Waals surface area contributed by atoms with Crippen LogP contribution in [-0.2, 0) is 13.9 Å². The van der Waals surface area contributed by atoms with Gasteiger partial charge in [0.15, 0.2) is 8.32 Å². The molecule has 0 spiro atoms. The Morgan fingerprint density at radius 1 is 0.818 bits per heavy atom. The third-order valence-electron chi connectivity index (χ3n) is 8.35. The lowest BCUT2D eigenvalue weighted by Gasteiger charge is -2.41. The zero-order valence-corrected chi connectivity index (χ0v) is 23.9. The molecule has 196 valence electrons. The molecule has 4 nitrogen and oxygen atoms in total. The summed E-state index contributed by atoms with van der Waals surface area (Å²) >= 11 is 0. The van der Waals surface area contributed by atoms with Gasteiger partial charge in [0, 0.05) is 0 Å². The van der Waals surface area contributed by atoms with Crippen LogP contribution in [-0.4, -0.2) is 50.6 Å². The van der Waals surface area contributed by atoms with Crippen molar-refractivity contribution >= 4 is 8.32 Å². The van der Waals surface area contributed by atoms with Crippen molar-refractivity contribution in [2.75, 3.05) is 6.61 Å². The van der Waals surface area contributed by atoms with Crippen LogP contribution < -0.4 is 0 Å². The molecule has 0 unspecified atom stereocenters. The number of hydrogen-bond donors (Lipinski definition) is 1. The number of rotatable bonds is 16. The molecule has 0 radical (unpaired) electrons. The monoisotopic (exact) mass is 484 g/mol. The lowest BCUT2D eigenvalue weighted by Crippen LogP contribution is -2.47. The lowest BCUT2D eigenvalue weighted by molar-refractivity contribution is -0.0958. The van der Waals surface area contributed by atoms with Crippen molar-refractivity contribution in [1.29, 1.82) is 0 Å². The Bertz CT molecular complexity index is 519. The van der Waals surface area contributed by atoms with Crippen molar-refractivity contribution in [2.24, 2.45) is 0 Å². The first kappa shape index (κ1) is 29.3. The summed E-state index contributed by atoms with van der Waals surface area (Å²) in [6.07, 6.45) is 19.6. The van der Waals surface area contributed by atoms with Crippen LogP contribution in [0.5, 0.6) is 0 Å². The maximum Gasteiger partial charge on any atom is 0.192 e. The highest BCUT2D eigenvalue weighted by Crippen LogP contribution is 2.40. The lowest BCUT2D eigenvalue weighted by atomic mass is 10.0. The van der Waals surface area contributed by atoms with E-state index in [1.165, 1.54) is 64.2 Å². The molecule has 2 rings (SSSR count). The number of ether oxygens (including phenoxy) is 2. The van der Waals surface area contributed by atoms with Crippen LogP contribution in [0.15, 0.2) is 0 Å². The summed E-state index contributed by atoms with van der Waals surface area (Å²) in [5, 5.41) is 9.62. The van der Waals surface area contributed by atoms with E-state index in [1.807, 2.05) is 0 Å². The Morgan fingerprint density at radius 3 is 1.91 bits per heavy atom. The number of unbranched alkanes of at least 4 members (excludes halogenated alkanes) is 9. The van der Waals surface area contributed by atoms with Crippen LogP contribution >= 0.6 is 0 Å². The van der Waals surface area contributed by atoms with E-state index in [0.717, 1.165) is 32.1 Å². The summed E-state index contributed by atoms with van der Waals surface area (Å²) in [5.74, 6) is 0. The topological polar surface area (TPSA) is 47.9 Å². The molecular weight excluding hydrogens is 428 g/mol. The predicted molar refractivity (Wildman–Crippen MR) is 141 cm³/mol. The first-order valence-electron chi connectivity index (χ1n) is 14.3. The maximum atomic E-state index is 9.41. The molecule has 1 N–H and O–H groups in total.